The van der Waals surface area contributed by atoms with Gasteiger partial charge in [0.2, 0.25) is 0 Å². The number of hydrogen-bond acceptors (Lipinski definition) is 3. The monoisotopic (exact) mass is 995 g/mol. The van der Waals surface area contributed by atoms with Gasteiger partial charge >= 0.3 is 6.18 Å². The minimum Gasteiger partial charge on any atom is -0.308 e. The number of hydrogen-bond donors (Lipinski definition) is 0. The molecule has 0 aliphatic carbocycles. The van der Waals surface area contributed by atoms with Gasteiger partial charge in [-0.05, 0) is 160 Å². The molecule has 0 saturated carbocycles. The van der Waals surface area contributed by atoms with E-state index in [1.165, 1.54) is 6.07 Å². The Hall–Kier alpha value is -11.0. The first-order chi connectivity index (χ1) is 37.4. The highest BCUT2D eigenvalue weighted by molar-refractivity contribution is 6.14. The summed E-state index contributed by atoms with van der Waals surface area (Å²) in [5.41, 5.74) is 13.5. The summed E-state index contributed by atoms with van der Waals surface area (Å²) in [7, 11) is 0. The molecule has 7 nitrogen and oxygen atoms in total. The first-order valence-electron chi connectivity index (χ1n) is 24.3. The quantitative estimate of drug-likeness (QED) is 0.149. The van der Waals surface area contributed by atoms with Crippen LogP contribution < -0.4 is 0 Å². The van der Waals surface area contributed by atoms with Gasteiger partial charge in [0.1, 0.15) is 0 Å². The lowest BCUT2D eigenvalue weighted by atomic mass is 9.94. The summed E-state index contributed by atoms with van der Waals surface area (Å²) < 4.78 is 49.5. The summed E-state index contributed by atoms with van der Waals surface area (Å²) in [6, 6.07) is 68.0. The number of benzene rings is 10. The Morgan fingerprint density at radius 3 is 1.01 bits per heavy atom. The standard InChI is InChI=1S/C67H36F3N7/c1-40-28-52(32-53(29-40)67(68,69)70)66-64(76-60-24-16-48(44-8-4-41(37-71)5-9-44)33-56(60)57-34-49(17-25-61(57)76)45-10-6-42(38-72)7-11-45)30-43(39-73)31-65(66)77-62-26-18-50(46-12-20-54(74-2)21-13-46)35-58(62)59-36-51(19-27-63(59)77)47-14-22-55(75-3)23-15-47/h4-36H,1H3. The Bertz CT molecular complexity index is 4150. The first kappa shape index (κ1) is 47.1. The van der Waals surface area contributed by atoms with E-state index in [2.05, 4.69) is 52.2 Å². The number of alkyl halides is 3. The van der Waals surface area contributed by atoms with Gasteiger partial charge in [0.05, 0.1) is 87.0 Å². The lowest BCUT2D eigenvalue weighted by Gasteiger charge is -2.22. The molecule has 0 amide bonds. The normalized spacial score (nSPS) is 11.3. The topological polar surface area (TPSA) is 89.9 Å². The molecule has 12 rings (SSSR count). The molecule has 0 aliphatic rings. The number of fused-ring (bicyclic) bond motifs is 6. The first-order valence-corrected chi connectivity index (χ1v) is 24.3. The van der Waals surface area contributed by atoms with Gasteiger partial charge in [-0.25, -0.2) is 9.69 Å². The molecule has 10 heteroatoms. The van der Waals surface area contributed by atoms with Crippen LogP contribution in [0.25, 0.3) is 120 Å². The van der Waals surface area contributed by atoms with E-state index in [0.29, 0.717) is 45.0 Å². The van der Waals surface area contributed by atoms with Gasteiger partial charge in [-0.15, -0.1) is 0 Å². The fourth-order valence-corrected chi connectivity index (χ4v) is 10.6. The summed E-state index contributed by atoms with van der Waals surface area (Å²) in [4.78, 5) is 7.16. The van der Waals surface area contributed by atoms with Gasteiger partial charge in [-0.3, -0.25) is 0 Å². The smallest absolute Gasteiger partial charge is 0.308 e. The van der Waals surface area contributed by atoms with Gasteiger partial charge in [0, 0.05) is 27.1 Å². The van der Waals surface area contributed by atoms with Crippen molar-refractivity contribution in [3.63, 3.8) is 0 Å². The maximum Gasteiger partial charge on any atom is 0.416 e. The third-order valence-corrected chi connectivity index (χ3v) is 14.3. The number of aryl methyl sites for hydroxylation is 1. The minimum atomic E-state index is -4.69. The molecule has 0 unspecified atom stereocenters. The van der Waals surface area contributed by atoms with Crippen LogP contribution in [0.1, 0.15) is 27.8 Å². The van der Waals surface area contributed by atoms with Crippen LogP contribution in [0.2, 0.25) is 0 Å². The van der Waals surface area contributed by atoms with Crippen LogP contribution in [0.15, 0.2) is 200 Å². The van der Waals surface area contributed by atoms with Gasteiger partial charge in [-0.2, -0.15) is 29.0 Å². The van der Waals surface area contributed by atoms with Crippen molar-refractivity contribution in [2.24, 2.45) is 0 Å². The van der Waals surface area contributed by atoms with Crippen LogP contribution in [-0.2, 0) is 6.18 Å². The SMILES string of the molecule is [C-]#[N+]c1ccc(-c2ccc3c(c2)c2cc(-c4ccc([N+]#[C-])cc4)ccc2n3-c2cc(C#N)cc(-n3c4ccc(-c5ccc(C#N)cc5)cc4c4cc(-c5ccc(C#N)cc5)ccc43)c2-c2cc(C)cc(C(F)(F)F)c2)cc1. The highest BCUT2D eigenvalue weighted by atomic mass is 19.4. The fourth-order valence-electron chi connectivity index (χ4n) is 10.6. The molecule has 2 aromatic heterocycles. The van der Waals surface area contributed by atoms with Crippen molar-refractivity contribution in [1.29, 1.82) is 15.8 Å². The maximum atomic E-state index is 15.1. The summed E-state index contributed by atoms with van der Waals surface area (Å²) in [6.07, 6.45) is -4.69. The summed E-state index contributed by atoms with van der Waals surface area (Å²) in [6.45, 7) is 16.7. The van der Waals surface area contributed by atoms with Crippen molar-refractivity contribution in [2.45, 2.75) is 13.1 Å². The van der Waals surface area contributed by atoms with Crippen molar-refractivity contribution in [1.82, 2.24) is 9.13 Å². The fraction of sp³-hybridized carbons (Fsp3) is 0.0299. The lowest BCUT2D eigenvalue weighted by Crippen LogP contribution is -2.08. The van der Waals surface area contributed by atoms with Crippen molar-refractivity contribution < 1.29 is 13.2 Å². The Morgan fingerprint density at radius 1 is 0.377 bits per heavy atom. The number of aromatic nitrogens is 2. The number of nitriles is 3. The van der Waals surface area contributed by atoms with Crippen molar-refractivity contribution in [3.05, 3.63) is 251 Å². The third kappa shape index (κ3) is 8.25. The van der Waals surface area contributed by atoms with Gasteiger partial charge in [0.15, 0.2) is 11.4 Å². The van der Waals surface area contributed by atoms with Gasteiger partial charge in [-0.1, -0.05) is 103 Å². The second-order valence-electron chi connectivity index (χ2n) is 18.9. The summed E-state index contributed by atoms with van der Waals surface area (Å²) in [5, 5.41) is 33.6. The predicted octanol–water partition coefficient (Wildman–Crippen LogP) is 18.3. The van der Waals surface area contributed by atoms with Crippen LogP contribution in [0.3, 0.4) is 0 Å². The van der Waals surface area contributed by atoms with Crippen LogP contribution in [0, 0.1) is 54.1 Å². The molecule has 12 aromatic rings. The number of rotatable bonds is 7. The Kier molecular flexibility index (Phi) is 11.3. The van der Waals surface area contributed by atoms with E-state index in [-0.39, 0.29) is 11.1 Å². The molecule has 0 aliphatic heterocycles. The van der Waals surface area contributed by atoms with Gasteiger partial charge < -0.3 is 9.13 Å². The van der Waals surface area contributed by atoms with E-state index < -0.39 is 11.7 Å². The second kappa shape index (κ2) is 18.5. The highest BCUT2D eigenvalue weighted by Crippen LogP contribution is 2.46. The van der Waals surface area contributed by atoms with E-state index in [1.54, 1.807) is 73.7 Å². The van der Waals surface area contributed by atoms with Crippen molar-refractivity contribution >= 4 is 55.0 Å². The van der Waals surface area contributed by atoms with Crippen molar-refractivity contribution in [3.8, 4) is 85.2 Å². The lowest BCUT2D eigenvalue weighted by molar-refractivity contribution is -0.137. The third-order valence-electron chi connectivity index (χ3n) is 14.3. The molecule has 0 saturated heterocycles. The van der Waals surface area contributed by atoms with Crippen molar-refractivity contribution in [2.75, 3.05) is 0 Å². The second-order valence-corrected chi connectivity index (χ2v) is 18.9. The Morgan fingerprint density at radius 2 is 0.701 bits per heavy atom. The Balaban J connectivity index is 1.20. The molecule has 10 aromatic carbocycles. The maximum absolute atomic E-state index is 15.1. The molecule has 0 radical (unpaired) electrons. The molecule has 0 fully saturated rings. The molecule has 0 atom stereocenters. The van der Waals surface area contributed by atoms with Crippen LogP contribution in [-0.4, -0.2) is 9.13 Å². The average Bonchev–Trinajstić information content (AvgIpc) is 4.10. The summed E-state index contributed by atoms with van der Waals surface area (Å²) in [5.74, 6) is 0. The number of halogens is 3. The zero-order valence-electron chi connectivity index (χ0n) is 40.8. The van der Waals surface area contributed by atoms with Crippen LogP contribution >= 0.6 is 0 Å². The average molecular weight is 996 g/mol. The van der Waals surface area contributed by atoms with E-state index in [4.69, 9.17) is 13.1 Å². The van der Waals surface area contributed by atoms with Crippen LogP contribution in [0.5, 0.6) is 0 Å². The zero-order chi connectivity index (χ0) is 53.1. The minimum absolute atomic E-state index is 0.267. The zero-order valence-corrected chi connectivity index (χ0v) is 40.8. The molecule has 0 N–H and O–H groups in total. The highest BCUT2D eigenvalue weighted by Gasteiger charge is 2.32. The summed E-state index contributed by atoms with van der Waals surface area (Å²) >= 11 is 0. The van der Waals surface area contributed by atoms with E-state index in [0.717, 1.165) is 94.2 Å². The molecule has 77 heavy (non-hydrogen) atoms. The molecule has 2 heterocycles. The molecular weight excluding hydrogens is 960 g/mol. The van der Waals surface area contributed by atoms with Crippen LogP contribution in [0.4, 0.5) is 24.5 Å². The van der Waals surface area contributed by atoms with E-state index in [1.807, 2.05) is 106 Å². The molecule has 360 valence electrons. The largest absolute Gasteiger partial charge is 0.416 e. The molecule has 0 spiro atoms. The molecule has 0 bridgehead atoms. The predicted molar refractivity (Wildman–Crippen MR) is 299 cm³/mol. The van der Waals surface area contributed by atoms with Gasteiger partial charge in [0.25, 0.3) is 0 Å². The Labute approximate surface area is 440 Å². The van der Waals surface area contributed by atoms with E-state index in [9.17, 15) is 15.8 Å². The molecular formula is C67H36F3N7. The van der Waals surface area contributed by atoms with E-state index >= 15 is 13.2 Å². The number of nitrogens with zero attached hydrogens (tertiary/aromatic N) is 7.